The number of allylic oxidation sites excluding steroid dienone is 4. The van der Waals surface area contributed by atoms with Crippen molar-refractivity contribution in [2.24, 2.45) is 5.73 Å². The number of hydrogen-bond donors (Lipinski definition) is 2. The molecular formula is C21H25F3N2O. The number of phenols is 1. The third-order valence-corrected chi connectivity index (χ3v) is 4.58. The molecule has 1 aliphatic heterocycles. The summed E-state index contributed by atoms with van der Waals surface area (Å²) in [6.45, 7) is 4.43. The van der Waals surface area contributed by atoms with Gasteiger partial charge in [-0.25, -0.2) is 0 Å². The normalized spacial score (nSPS) is 19.8. The summed E-state index contributed by atoms with van der Waals surface area (Å²) in [6.07, 6.45) is 5.99. The fourth-order valence-electron chi connectivity index (χ4n) is 3.18. The summed E-state index contributed by atoms with van der Waals surface area (Å²) in [5, 5.41) is 10.3. The Kier molecular flexibility index (Phi) is 6.54. The number of likely N-dealkylation sites (N-methyl/N-ethyl adjacent to an activating group) is 1. The summed E-state index contributed by atoms with van der Waals surface area (Å²) < 4.78 is 38.7. The molecule has 0 spiro atoms. The van der Waals surface area contributed by atoms with Crippen molar-refractivity contribution < 1.29 is 18.3 Å². The van der Waals surface area contributed by atoms with Crippen molar-refractivity contribution in [2.45, 2.75) is 32.5 Å². The zero-order chi connectivity index (χ0) is 20.2. The number of nitrogens with zero attached hydrogens (tertiary/aromatic N) is 1. The smallest absolute Gasteiger partial charge is 0.416 e. The van der Waals surface area contributed by atoms with Gasteiger partial charge in [-0.05, 0) is 49.7 Å². The first kappa shape index (κ1) is 20.8. The maximum atomic E-state index is 12.9. The Morgan fingerprint density at radius 3 is 2.59 bits per heavy atom. The van der Waals surface area contributed by atoms with E-state index in [2.05, 4.69) is 0 Å². The van der Waals surface area contributed by atoms with Gasteiger partial charge >= 0.3 is 6.18 Å². The summed E-state index contributed by atoms with van der Waals surface area (Å²) in [6, 6.07) is 2.72. The van der Waals surface area contributed by atoms with Crippen LogP contribution in [0.25, 0.3) is 0 Å². The van der Waals surface area contributed by atoms with E-state index in [1.165, 1.54) is 6.07 Å². The molecule has 1 aliphatic rings. The summed E-state index contributed by atoms with van der Waals surface area (Å²) in [5.74, 6) is -0.379. The molecule has 3 nitrogen and oxygen atoms in total. The predicted molar refractivity (Wildman–Crippen MR) is 102 cm³/mol. The lowest BCUT2D eigenvalue weighted by molar-refractivity contribution is -0.137. The van der Waals surface area contributed by atoms with Crippen molar-refractivity contribution in [3.05, 3.63) is 76.5 Å². The number of nitrogens with two attached hydrogens (primary N) is 1. The Bertz CT molecular complexity index is 804. The van der Waals surface area contributed by atoms with Gasteiger partial charge < -0.3 is 10.8 Å². The molecule has 1 aromatic carbocycles. The molecule has 1 atom stereocenters. The highest BCUT2D eigenvalue weighted by molar-refractivity contribution is 5.50. The first-order valence-electron chi connectivity index (χ1n) is 8.77. The molecular weight excluding hydrogens is 353 g/mol. The SMILES string of the molecule is CC/C=C/C=C\C1=C(C)C(c2ccc(C(F)(F)F)cc2O)N(C)CC=C1N. The van der Waals surface area contributed by atoms with Crippen LogP contribution in [0.3, 0.4) is 0 Å². The molecule has 0 aromatic heterocycles. The Balaban J connectivity index is 2.52. The van der Waals surface area contributed by atoms with E-state index >= 15 is 0 Å². The second kappa shape index (κ2) is 8.48. The topological polar surface area (TPSA) is 49.5 Å². The van der Waals surface area contributed by atoms with Crippen molar-refractivity contribution in [1.82, 2.24) is 4.90 Å². The number of halogens is 3. The number of aromatic hydroxyl groups is 1. The largest absolute Gasteiger partial charge is 0.508 e. The number of phenolic OH excluding ortho intramolecular Hbond substituents is 1. The van der Waals surface area contributed by atoms with Crippen LogP contribution >= 0.6 is 0 Å². The third kappa shape index (κ3) is 4.83. The highest BCUT2D eigenvalue weighted by Gasteiger charge is 2.33. The fraction of sp³-hybridized carbons (Fsp3) is 0.333. The van der Waals surface area contributed by atoms with Crippen LogP contribution < -0.4 is 5.73 Å². The van der Waals surface area contributed by atoms with Crippen LogP contribution in [0.15, 0.2) is 65.4 Å². The van der Waals surface area contributed by atoms with Gasteiger partial charge in [-0.15, -0.1) is 0 Å². The fourth-order valence-corrected chi connectivity index (χ4v) is 3.18. The molecule has 146 valence electrons. The maximum Gasteiger partial charge on any atom is 0.416 e. The van der Waals surface area contributed by atoms with Crippen LogP contribution in [0.2, 0.25) is 0 Å². The molecule has 1 aromatic rings. The first-order chi connectivity index (χ1) is 12.7. The first-order valence-corrected chi connectivity index (χ1v) is 8.77. The van der Waals surface area contributed by atoms with Crippen LogP contribution in [-0.2, 0) is 6.18 Å². The van der Waals surface area contributed by atoms with Gasteiger partial charge in [0.05, 0.1) is 11.6 Å². The molecule has 0 fully saturated rings. The molecule has 6 heteroatoms. The zero-order valence-electron chi connectivity index (χ0n) is 15.7. The molecule has 2 rings (SSSR count). The van der Waals surface area contributed by atoms with Gasteiger partial charge in [-0.1, -0.05) is 37.3 Å². The van der Waals surface area contributed by atoms with E-state index in [1.807, 2.05) is 56.2 Å². The lowest BCUT2D eigenvalue weighted by Gasteiger charge is -2.29. The molecule has 27 heavy (non-hydrogen) atoms. The van der Waals surface area contributed by atoms with Gasteiger partial charge in [0.25, 0.3) is 0 Å². The number of alkyl halides is 3. The van der Waals surface area contributed by atoms with E-state index in [0.29, 0.717) is 17.8 Å². The third-order valence-electron chi connectivity index (χ3n) is 4.58. The minimum Gasteiger partial charge on any atom is -0.508 e. The van der Waals surface area contributed by atoms with Crippen molar-refractivity contribution in [3.8, 4) is 5.75 Å². The van der Waals surface area contributed by atoms with Crippen molar-refractivity contribution in [3.63, 3.8) is 0 Å². The van der Waals surface area contributed by atoms with Gasteiger partial charge in [0, 0.05) is 17.8 Å². The van der Waals surface area contributed by atoms with Gasteiger partial charge in [0.1, 0.15) is 5.75 Å². The van der Waals surface area contributed by atoms with Crippen LogP contribution in [0.4, 0.5) is 13.2 Å². The van der Waals surface area contributed by atoms with Crippen molar-refractivity contribution in [1.29, 1.82) is 0 Å². The Hall–Kier alpha value is -2.47. The van der Waals surface area contributed by atoms with Crippen LogP contribution in [0.1, 0.15) is 37.4 Å². The molecule has 3 N–H and O–H groups in total. The highest BCUT2D eigenvalue weighted by Crippen LogP contribution is 2.40. The van der Waals surface area contributed by atoms with Crippen LogP contribution in [0, 0.1) is 0 Å². The van der Waals surface area contributed by atoms with Gasteiger partial charge in [-0.3, -0.25) is 4.90 Å². The Labute approximate surface area is 158 Å². The summed E-state index contributed by atoms with van der Waals surface area (Å²) >= 11 is 0. The number of rotatable bonds is 4. The molecule has 1 unspecified atom stereocenters. The molecule has 0 aliphatic carbocycles. The van der Waals surface area contributed by atoms with E-state index in [9.17, 15) is 18.3 Å². The lowest BCUT2D eigenvalue weighted by atomic mass is 9.92. The Morgan fingerprint density at radius 1 is 1.30 bits per heavy atom. The second-order valence-corrected chi connectivity index (χ2v) is 6.57. The van der Waals surface area contributed by atoms with Crippen LogP contribution in [-0.4, -0.2) is 23.6 Å². The average molecular weight is 378 g/mol. The van der Waals surface area contributed by atoms with Crippen molar-refractivity contribution >= 4 is 0 Å². The predicted octanol–water partition coefficient (Wildman–Crippen LogP) is 5.08. The van der Waals surface area contributed by atoms with Gasteiger partial charge in [0.15, 0.2) is 0 Å². The molecule has 1 heterocycles. The van der Waals surface area contributed by atoms with Gasteiger partial charge in [0.2, 0.25) is 0 Å². The highest BCUT2D eigenvalue weighted by atomic mass is 19.4. The molecule has 0 bridgehead atoms. The van der Waals surface area contributed by atoms with E-state index in [1.54, 1.807) is 0 Å². The van der Waals surface area contributed by atoms with Crippen molar-refractivity contribution in [2.75, 3.05) is 13.6 Å². The van der Waals surface area contributed by atoms with E-state index in [0.717, 1.165) is 29.7 Å². The summed E-state index contributed by atoms with van der Waals surface area (Å²) in [4.78, 5) is 1.94. The standard InChI is InChI=1S/C21H25F3N2O/c1-4-5-6-7-8-16-14(2)20(26(3)12-11-18(16)25)17-10-9-15(13-19(17)27)21(22,23)24/h5-11,13,20,27H,4,12,25H2,1-3H3/b6-5+,8-7-. The quantitative estimate of drug-likeness (QED) is 0.719. The molecule has 0 radical (unpaired) electrons. The minimum absolute atomic E-state index is 0.379. The maximum absolute atomic E-state index is 12.9. The molecule has 0 saturated carbocycles. The molecule has 0 saturated heterocycles. The zero-order valence-corrected chi connectivity index (χ0v) is 15.7. The van der Waals surface area contributed by atoms with E-state index in [4.69, 9.17) is 5.73 Å². The van der Waals surface area contributed by atoms with E-state index < -0.39 is 11.7 Å². The lowest BCUT2D eigenvalue weighted by Crippen LogP contribution is -2.25. The second-order valence-electron chi connectivity index (χ2n) is 6.57. The van der Waals surface area contributed by atoms with Crippen LogP contribution in [0.5, 0.6) is 5.75 Å². The van der Waals surface area contributed by atoms with Gasteiger partial charge in [-0.2, -0.15) is 13.2 Å². The summed E-state index contributed by atoms with van der Waals surface area (Å²) in [5.41, 5.74) is 8.02. The average Bonchev–Trinajstić information content (AvgIpc) is 2.69. The Morgan fingerprint density at radius 2 is 2.00 bits per heavy atom. The number of benzene rings is 1. The monoisotopic (exact) mass is 378 g/mol. The summed E-state index contributed by atoms with van der Waals surface area (Å²) in [7, 11) is 1.85. The van der Waals surface area contributed by atoms with E-state index in [-0.39, 0.29) is 11.8 Å². The minimum atomic E-state index is -4.50. The number of hydrogen-bond acceptors (Lipinski definition) is 3. The molecule has 0 amide bonds.